The second-order valence-electron chi connectivity index (χ2n) is 4.42. The van der Waals surface area contributed by atoms with Gasteiger partial charge < -0.3 is 0 Å². The summed E-state index contributed by atoms with van der Waals surface area (Å²) in [5.74, 6) is -0.627. The molecule has 0 spiro atoms. The van der Waals surface area contributed by atoms with E-state index >= 15 is 0 Å². The van der Waals surface area contributed by atoms with Gasteiger partial charge in [-0.05, 0) is 37.1 Å². The van der Waals surface area contributed by atoms with Crippen molar-refractivity contribution in [3.8, 4) is 0 Å². The van der Waals surface area contributed by atoms with E-state index < -0.39 is 28.6 Å². The quantitative estimate of drug-likeness (QED) is 0.801. The minimum Gasteiger partial charge on any atom is -0.207 e. The highest BCUT2D eigenvalue weighted by molar-refractivity contribution is 7.89. The molecule has 0 N–H and O–H groups in total. The first-order chi connectivity index (χ1) is 8.99. The van der Waals surface area contributed by atoms with Crippen molar-refractivity contribution in [3.63, 3.8) is 0 Å². The molecule has 0 aromatic heterocycles. The number of halogens is 4. The highest BCUT2D eigenvalue weighted by atomic mass is 32.2. The van der Waals surface area contributed by atoms with E-state index in [0.29, 0.717) is 4.31 Å². The van der Waals surface area contributed by atoms with Crippen molar-refractivity contribution >= 4 is 10.0 Å². The highest BCUT2D eigenvalue weighted by Gasteiger charge is 2.37. The lowest BCUT2D eigenvalue weighted by molar-refractivity contribution is -0.135. The predicted molar refractivity (Wildman–Crippen MR) is 66.4 cm³/mol. The van der Waals surface area contributed by atoms with Crippen LogP contribution in [-0.2, 0) is 10.0 Å². The smallest absolute Gasteiger partial charge is 0.207 e. The van der Waals surface area contributed by atoms with Crippen molar-refractivity contribution in [1.29, 1.82) is 0 Å². The lowest BCUT2D eigenvalue weighted by atomic mass is 10.1. The Morgan fingerprint density at radius 3 is 1.95 bits per heavy atom. The minimum absolute atomic E-state index is 0.0862. The molecule has 0 aliphatic carbocycles. The van der Waals surface area contributed by atoms with Gasteiger partial charge in [0, 0.05) is 6.54 Å². The van der Waals surface area contributed by atoms with Crippen molar-refractivity contribution < 1.29 is 26.0 Å². The van der Waals surface area contributed by atoms with Gasteiger partial charge in [-0.25, -0.2) is 12.8 Å². The molecule has 20 heavy (non-hydrogen) atoms. The standard InChI is InChI=1S/C12H15F4NO2S/c1-4-17(7-12(14,15)16)20(18,19)11-8(2)5-10(13)6-9(11)3/h5-6H,4,7H2,1-3H3. The predicted octanol–water partition coefficient (Wildman–Crippen LogP) is 3.02. The van der Waals surface area contributed by atoms with Crippen molar-refractivity contribution in [2.75, 3.05) is 13.1 Å². The Morgan fingerprint density at radius 1 is 1.15 bits per heavy atom. The van der Waals surface area contributed by atoms with E-state index in [1.807, 2.05) is 0 Å². The van der Waals surface area contributed by atoms with E-state index in [1.165, 1.54) is 20.8 Å². The third-order valence-corrected chi connectivity index (χ3v) is 4.96. The van der Waals surface area contributed by atoms with Crippen molar-refractivity contribution in [1.82, 2.24) is 4.31 Å². The first-order valence-corrected chi connectivity index (χ1v) is 7.26. The van der Waals surface area contributed by atoms with E-state index in [9.17, 15) is 26.0 Å². The van der Waals surface area contributed by atoms with Crippen molar-refractivity contribution in [2.24, 2.45) is 0 Å². The first-order valence-electron chi connectivity index (χ1n) is 5.82. The first kappa shape index (κ1) is 16.9. The fourth-order valence-corrected chi connectivity index (χ4v) is 3.85. The van der Waals surface area contributed by atoms with Crippen LogP contribution in [0.15, 0.2) is 17.0 Å². The van der Waals surface area contributed by atoms with Crippen LogP contribution in [0.5, 0.6) is 0 Å². The normalized spacial score (nSPS) is 13.0. The summed E-state index contributed by atoms with van der Waals surface area (Å²) in [4.78, 5) is -0.273. The third kappa shape index (κ3) is 3.69. The molecule has 0 unspecified atom stereocenters. The summed E-state index contributed by atoms with van der Waals surface area (Å²) in [5.41, 5.74) is 0.172. The second-order valence-corrected chi connectivity index (χ2v) is 6.29. The maximum atomic E-state index is 13.2. The molecular weight excluding hydrogens is 298 g/mol. The zero-order valence-corrected chi connectivity index (χ0v) is 12.1. The Hall–Kier alpha value is -1.15. The molecule has 0 bridgehead atoms. The van der Waals surface area contributed by atoms with Crippen LogP contribution in [0, 0.1) is 19.7 Å². The summed E-state index contributed by atoms with van der Waals surface area (Å²) >= 11 is 0. The lowest BCUT2D eigenvalue weighted by Crippen LogP contribution is -2.39. The van der Waals surface area contributed by atoms with Crippen LogP contribution < -0.4 is 0 Å². The van der Waals surface area contributed by atoms with Gasteiger partial charge in [-0.15, -0.1) is 0 Å². The summed E-state index contributed by atoms with van der Waals surface area (Å²) < 4.78 is 75.4. The Balaban J connectivity index is 3.35. The molecular formula is C12H15F4NO2S. The largest absolute Gasteiger partial charge is 0.402 e. The molecule has 1 aromatic rings. The van der Waals surface area contributed by atoms with Gasteiger partial charge in [-0.3, -0.25) is 0 Å². The summed E-state index contributed by atoms with van der Waals surface area (Å²) in [5, 5.41) is 0. The average molecular weight is 313 g/mol. The molecule has 0 fully saturated rings. The molecule has 0 saturated carbocycles. The third-order valence-electron chi connectivity index (χ3n) is 2.73. The van der Waals surface area contributed by atoms with E-state index in [4.69, 9.17) is 0 Å². The Morgan fingerprint density at radius 2 is 1.60 bits per heavy atom. The minimum atomic E-state index is -4.63. The van der Waals surface area contributed by atoms with Gasteiger partial charge in [0.25, 0.3) is 0 Å². The fraction of sp³-hybridized carbons (Fsp3) is 0.500. The van der Waals surface area contributed by atoms with Crippen molar-refractivity contribution in [2.45, 2.75) is 31.8 Å². The number of nitrogens with zero attached hydrogens (tertiary/aromatic N) is 1. The zero-order chi connectivity index (χ0) is 15.7. The Bertz CT molecular complexity index is 573. The molecule has 0 radical (unpaired) electrons. The van der Waals surface area contributed by atoms with Crippen LogP contribution in [0.25, 0.3) is 0 Å². The lowest BCUT2D eigenvalue weighted by Gasteiger charge is -2.23. The Kier molecular flexibility index (Phi) is 4.81. The molecule has 3 nitrogen and oxygen atoms in total. The number of benzene rings is 1. The van der Waals surface area contributed by atoms with E-state index in [1.54, 1.807) is 0 Å². The van der Waals surface area contributed by atoms with E-state index in [0.717, 1.165) is 12.1 Å². The van der Waals surface area contributed by atoms with Crippen LogP contribution in [0.2, 0.25) is 0 Å². The van der Waals surface area contributed by atoms with E-state index in [2.05, 4.69) is 0 Å². The summed E-state index contributed by atoms with van der Waals surface area (Å²) in [6.45, 7) is 2.13. The summed E-state index contributed by atoms with van der Waals surface area (Å²) in [6, 6.07) is 1.97. The SMILES string of the molecule is CCN(CC(F)(F)F)S(=O)(=O)c1c(C)cc(F)cc1C. The molecule has 0 aliphatic rings. The van der Waals surface area contributed by atoms with Crippen molar-refractivity contribution in [3.05, 3.63) is 29.1 Å². The molecule has 114 valence electrons. The molecule has 0 heterocycles. The number of hydrogen-bond acceptors (Lipinski definition) is 2. The number of sulfonamides is 1. The topological polar surface area (TPSA) is 37.4 Å². The van der Waals surface area contributed by atoms with Crippen LogP contribution in [0.4, 0.5) is 17.6 Å². The Labute approximate surface area is 115 Å². The van der Waals surface area contributed by atoms with Gasteiger partial charge in [-0.1, -0.05) is 6.92 Å². The molecule has 8 heteroatoms. The number of alkyl halides is 3. The number of hydrogen-bond donors (Lipinski definition) is 0. The average Bonchev–Trinajstić information content (AvgIpc) is 2.22. The van der Waals surface area contributed by atoms with Gasteiger partial charge in [0.05, 0.1) is 4.90 Å². The maximum Gasteiger partial charge on any atom is 0.402 e. The molecule has 0 amide bonds. The molecule has 0 atom stereocenters. The number of rotatable bonds is 4. The maximum absolute atomic E-state index is 13.2. The molecule has 0 saturated heterocycles. The second kappa shape index (κ2) is 5.69. The molecule has 1 rings (SSSR count). The molecule has 1 aromatic carbocycles. The van der Waals surface area contributed by atoms with Crippen LogP contribution in [-0.4, -0.2) is 32.0 Å². The molecule has 0 aliphatic heterocycles. The van der Waals surface area contributed by atoms with Gasteiger partial charge in [0.1, 0.15) is 12.4 Å². The fourth-order valence-electron chi connectivity index (χ4n) is 2.00. The van der Waals surface area contributed by atoms with Gasteiger partial charge >= 0.3 is 6.18 Å². The van der Waals surface area contributed by atoms with Gasteiger partial charge in [0.15, 0.2) is 0 Å². The summed E-state index contributed by atoms with van der Waals surface area (Å²) in [7, 11) is -4.32. The van der Waals surface area contributed by atoms with Crippen LogP contribution in [0.3, 0.4) is 0 Å². The number of aryl methyl sites for hydroxylation is 2. The van der Waals surface area contributed by atoms with Gasteiger partial charge in [0.2, 0.25) is 10.0 Å². The summed E-state index contributed by atoms with van der Waals surface area (Å²) in [6.07, 6.45) is -4.63. The highest BCUT2D eigenvalue weighted by Crippen LogP contribution is 2.27. The van der Waals surface area contributed by atoms with E-state index in [-0.39, 0.29) is 22.6 Å². The monoisotopic (exact) mass is 313 g/mol. The van der Waals surface area contributed by atoms with Gasteiger partial charge in [-0.2, -0.15) is 17.5 Å². The van der Waals surface area contributed by atoms with Crippen LogP contribution >= 0.6 is 0 Å². The van der Waals surface area contributed by atoms with Crippen LogP contribution in [0.1, 0.15) is 18.1 Å². The zero-order valence-electron chi connectivity index (χ0n) is 11.3.